The normalized spacial score (nSPS) is 24.3. The van der Waals surface area contributed by atoms with E-state index < -0.39 is 5.60 Å². The SMILES string of the molecule is C=C1OB(c2cc3cc(B4OC(C)(C)C(C)(C)O4)sc3s2)OC1(C)C. The fourth-order valence-electron chi connectivity index (χ4n) is 2.81. The zero-order valence-corrected chi connectivity index (χ0v) is 17.1. The molecule has 0 spiro atoms. The minimum Gasteiger partial charge on any atom is -0.533 e. The molecular formula is C17H22B2O4S2. The molecule has 0 N–H and O–H groups in total. The summed E-state index contributed by atoms with van der Waals surface area (Å²) >= 11 is 3.40. The number of hydrogen-bond acceptors (Lipinski definition) is 6. The summed E-state index contributed by atoms with van der Waals surface area (Å²) in [5, 5.41) is 1.18. The largest absolute Gasteiger partial charge is 0.574 e. The van der Waals surface area contributed by atoms with Crippen molar-refractivity contribution in [2.75, 3.05) is 0 Å². The molecule has 2 aromatic heterocycles. The Labute approximate surface area is 157 Å². The van der Waals surface area contributed by atoms with E-state index in [9.17, 15) is 0 Å². The zero-order valence-electron chi connectivity index (χ0n) is 15.5. The van der Waals surface area contributed by atoms with Gasteiger partial charge in [0.25, 0.3) is 0 Å². The zero-order chi connectivity index (χ0) is 18.2. The van der Waals surface area contributed by atoms with E-state index >= 15 is 0 Å². The molecule has 0 amide bonds. The first kappa shape index (κ1) is 17.6. The Hall–Kier alpha value is -0.790. The van der Waals surface area contributed by atoms with E-state index in [1.165, 1.54) is 9.40 Å². The van der Waals surface area contributed by atoms with Crippen LogP contribution in [0.2, 0.25) is 0 Å². The number of rotatable bonds is 2. The lowest BCUT2D eigenvalue weighted by Crippen LogP contribution is -2.41. The molecule has 0 bridgehead atoms. The first-order chi connectivity index (χ1) is 11.5. The monoisotopic (exact) mass is 376 g/mol. The Morgan fingerprint density at radius 2 is 1.36 bits per heavy atom. The van der Waals surface area contributed by atoms with Gasteiger partial charge in [0.05, 0.1) is 25.8 Å². The third kappa shape index (κ3) is 2.79. The van der Waals surface area contributed by atoms with Crippen LogP contribution in [0, 0.1) is 0 Å². The van der Waals surface area contributed by atoms with Crippen LogP contribution >= 0.6 is 22.7 Å². The Morgan fingerprint density at radius 1 is 0.840 bits per heavy atom. The maximum atomic E-state index is 6.15. The van der Waals surface area contributed by atoms with Gasteiger partial charge in [-0.05, 0) is 53.7 Å². The van der Waals surface area contributed by atoms with Crippen LogP contribution in [0.15, 0.2) is 24.5 Å². The van der Waals surface area contributed by atoms with Gasteiger partial charge in [-0.15, -0.1) is 22.7 Å². The minimum absolute atomic E-state index is 0.309. The minimum atomic E-state index is -0.448. The molecule has 4 rings (SSSR count). The molecule has 2 aliphatic rings. The van der Waals surface area contributed by atoms with E-state index in [2.05, 4.69) is 46.4 Å². The molecule has 2 aromatic rings. The van der Waals surface area contributed by atoms with Crippen molar-refractivity contribution in [3.63, 3.8) is 0 Å². The van der Waals surface area contributed by atoms with E-state index in [1.807, 2.05) is 13.8 Å². The summed E-state index contributed by atoms with van der Waals surface area (Å²) < 4.78 is 27.5. The van der Waals surface area contributed by atoms with Crippen LogP contribution in [-0.2, 0) is 18.6 Å². The average Bonchev–Trinajstić information content (AvgIpc) is 3.12. The fourth-order valence-corrected chi connectivity index (χ4v) is 5.21. The van der Waals surface area contributed by atoms with Crippen LogP contribution in [0.5, 0.6) is 0 Å². The molecular weight excluding hydrogens is 354 g/mol. The molecule has 25 heavy (non-hydrogen) atoms. The van der Waals surface area contributed by atoms with E-state index in [0.29, 0.717) is 5.76 Å². The van der Waals surface area contributed by atoms with Crippen molar-refractivity contribution in [1.29, 1.82) is 0 Å². The summed E-state index contributed by atoms with van der Waals surface area (Å²) in [6.07, 6.45) is 0. The van der Waals surface area contributed by atoms with E-state index in [4.69, 9.17) is 18.6 Å². The number of fused-ring (bicyclic) bond motifs is 1. The molecule has 0 aromatic carbocycles. The maximum absolute atomic E-state index is 6.15. The summed E-state index contributed by atoms with van der Waals surface area (Å²) in [6.45, 7) is 16.2. The molecule has 0 unspecified atom stereocenters. The average molecular weight is 376 g/mol. The van der Waals surface area contributed by atoms with Crippen LogP contribution in [-0.4, -0.2) is 31.0 Å². The second-order valence-electron chi connectivity index (χ2n) is 8.13. The molecule has 2 fully saturated rings. The first-order valence-electron chi connectivity index (χ1n) is 8.41. The van der Waals surface area contributed by atoms with Gasteiger partial charge in [0.2, 0.25) is 0 Å². The molecule has 132 valence electrons. The summed E-state index contributed by atoms with van der Waals surface area (Å²) in [5.74, 6) is 0.673. The molecule has 0 atom stereocenters. The van der Waals surface area contributed by atoms with Gasteiger partial charge in [0.1, 0.15) is 5.60 Å². The summed E-state index contributed by atoms with van der Waals surface area (Å²) in [4.78, 5) is 0. The van der Waals surface area contributed by atoms with Gasteiger partial charge in [0.15, 0.2) is 0 Å². The van der Waals surface area contributed by atoms with E-state index in [1.54, 1.807) is 22.7 Å². The van der Waals surface area contributed by atoms with Crippen molar-refractivity contribution in [3.8, 4) is 0 Å². The topological polar surface area (TPSA) is 36.9 Å². The highest BCUT2D eigenvalue weighted by molar-refractivity contribution is 7.45. The summed E-state index contributed by atoms with van der Waals surface area (Å²) in [6, 6.07) is 4.28. The van der Waals surface area contributed by atoms with Gasteiger partial charge in [-0.25, -0.2) is 0 Å². The van der Waals surface area contributed by atoms with Crippen molar-refractivity contribution in [2.24, 2.45) is 0 Å². The predicted octanol–water partition coefficient (Wildman–Crippen LogP) is 3.30. The lowest BCUT2D eigenvalue weighted by Gasteiger charge is -2.32. The molecule has 4 nitrogen and oxygen atoms in total. The van der Waals surface area contributed by atoms with Crippen molar-refractivity contribution in [2.45, 2.75) is 58.3 Å². The van der Waals surface area contributed by atoms with Crippen LogP contribution < -0.4 is 9.55 Å². The smallest absolute Gasteiger partial charge is 0.533 e. The molecule has 2 aliphatic heterocycles. The van der Waals surface area contributed by atoms with Crippen LogP contribution in [0.4, 0.5) is 0 Å². The highest BCUT2D eigenvalue weighted by Crippen LogP contribution is 2.38. The summed E-state index contributed by atoms with van der Waals surface area (Å²) in [5.41, 5.74) is -1.09. The summed E-state index contributed by atoms with van der Waals surface area (Å²) in [7, 11) is -0.678. The third-order valence-corrected chi connectivity index (χ3v) is 7.73. The molecule has 0 saturated carbocycles. The predicted molar refractivity (Wildman–Crippen MR) is 106 cm³/mol. The Kier molecular flexibility index (Phi) is 3.78. The lowest BCUT2D eigenvalue weighted by molar-refractivity contribution is 0.00578. The van der Waals surface area contributed by atoms with Gasteiger partial charge < -0.3 is 18.6 Å². The second kappa shape index (κ2) is 5.36. The van der Waals surface area contributed by atoms with Crippen molar-refractivity contribution in [1.82, 2.24) is 0 Å². The first-order valence-corrected chi connectivity index (χ1v) is 10.0. The Balaban J connectivity index is 1.58. The van der Waals surface area contributed by atoms with Gasteiger partial charge in [-0.3, -0.25) is 0 Å². The molecule has 0 radical (unpaired) electrons. The molecule has 2 saturated heterocycles. The highest BCUT2D eigenvalue weighted by atomic mass is 32.2. The van der Waals surface area contributed by atoms with Crippen LogP contribution in [0.1, 0.15) is 41.5 Å². The van der Waals surface area contributed by atoms with Crippen molar-refractivity contribution in [3.05, 3.63) is 24.5 Å². The highest BCUT2D eigenvalue weighted by Gasteiger charge is 2.52. The fraction of sp³-hybridized carbons (Fsp3) is 0.529. The number of thiophene rings is 2. The Morgan fingerprint density at radius 3 is 1.80 bits per heavy atom. The lowest BCUT2D eigenvalue weighted by atomic mass is 9.86. The quantitative estimate of drug-likeness (QED) is 0.754. The van der Waals surface area contributed by atoms with Gasteiger partial charge in [-0.1, -0.05) is 6.58 Å². The van der Waals surface area contributed by atoms with Crippen molar-refractivity contribution >= 4 is 55.9 Å². The van der Waals surface area contributed by atoms with E-state index in [-0.39, 0.29) is 25.4 Å². The number of hydrogen-bond donors (Lipinski definition) is 0. The molecule has 4 heterocycles. The molecule has 8 heteroatoms. The standard InChI is InChI=1S/C17H22B2O4S2/c1-10-15(2,3)21-18(20-10)12-8-11-9-13(25-14(11)24-12)19-22-16(4,5)17(6,7)23-19/h8-9H,1H2,2-7H3. The van der Waals surface area contributed by atoms with Crippen LogP contribution in [0.25, 0.3) is 9.40 Å². The van der Waals surface area contributed by atoms with Gasteiger partial charge in [0, 0.05) is 10.2 Å². The van der Waals surface area contributed by atoms with Gasteiger partial charge >= 0.3 is 14.2 Å². The van der Waals surface area contributed by atoms with Crippen molar-refractivity contribution < 1.29 is 18.6 Å². The third-order valence-electron chi connectivity index (χ3n) is 5.29. The van der Waals surface area contributed by atoms with E-state index in [0.717, 1.165) is 9.55 Å². The maximum Gasteiger partial charge on any atom is 0.574 e. The second-order valence-corrected chi connectivity index (χ2v) is 10.6. The molecule has 0 aliphatic carbocycles. The Bertz CT molecular complexity index is 805. The van der Waals surface area contributed by atoms with Crippen LogP contribution in [0.3, 0.4) is 0 Å². The van der Waals surface area contributed by atoms with Gasteiger partial charge in [-0.2, -0.15) is 0 Å².